The van der Waals surface area contributed by atoms with E-state index in [1.54, 1.807) is 6.20 Å². The molecule has 0 radical (unpaired) electrons. The van der Waals surface area contributed by atoms with Crippen LogP contribution in [0.2, 0.25) is 0 Å². The molecule has 0 atom stereocenters. The number of nitrogens with zero attached hydrogens (tertiary/aromatic N) is 2. The van der Waals surface area contributed by atoms with Crippen molar-refractivity contribution in [1.82, 2.24) is 15.5 Å². The zero-order valence-electron chi connectivity index (χ0n) is 15.9. The summed E-state index contributed by atoms with van der Waals surface area (Å²) in [6.07, 6.45) is 3.95. The number of aryl methyl sites for hydroxylation is 1. The van der Waals surface area contributed by atoms with Gasteiger partial charge in [0.2, 0.25) is 0 Å². The van der Waals surface area contributed by atoms with Crippen molar-refractivity contribution in [3.63, 3.8) is 0 Å². The third-order valence-electron chi connectivity index (χ3n) is 4.81. The summed E-state index contributed by atoms with van der Waals surface area (Å²) in [7, 11) is 0. The van der Waals surface area contributed by atoms with Crippen molar-refractivity contribution < 1.29 is 4.79 Å². The van der Waals surface area contributed by atoms with Crippen molar-refractivity contribution in [3.8, 4) is 11.1 Å². The molecule has 2 aromatic carbocycles. The lowest BCUT2D eigenvalue weighted by Crippen LogP contribution is -2.25. The maximum atomic E-state index is 12.4. The average Bonchev–Trinajstić information content (AvgIpc) is 3.45. The van der Waals surface area contributed by atoms with Gasteiger partial charge in [0, 0.05) is 28.4 Å². The van der Waals surface area contributed by atoms with Gasteiger partial charge in [-0.3, -0.25) is 4.79 Å². The average molecular weight is 360 g/mol. The molecule has 27 heavy (non-hydrogen) atoms. The first-order chi connectivity index (χ1) is 13.0. The monoisotopic (exact) mass is 360 g/mol. The number of carbonyl (C=O) groups excluding carboxylic acids is 1. The summed E-state index contributed by atoms with van der Waals surface area (Å²) in [6.45, 7) is 6.23. The smallest absolute Gasteiger partial charge is 0.251 e. The van der Waals surface area contributed by atoms with E-state index in [2.05, 4.69) is 59.8 Å². The van der Waals surface area contributed by atoms with Crippen LogP contribution in [0, 0.1) is 6.92 Å². The lowest BCUT2D eigenvalue weighted by Gasteiger charge is -2.13. The Hall–Kier alpha value is -2.95. The second kappa shape index (κ2) is 6.99. The number of amides is 1. The van der Waals surface area contributed by atoms with E-state index in [1.165, 1.54) is 0 Å². The third-order valence-corrected chi connectivity index (χ3v) is 4.81. The Morgan fingerprint density at radius 3 is 2.70 bits per heavy atom. The Morgan fingerprint density at radius 2 is 1.96 bits per heavy atom. The van der Waals surface area contributed by atoms with Gasteiger partial charge >= 0.3 is 0 Å². The number of benzene rings is 2. The van der Waals surface area contributed by atoms with E-state index in [4.69, 9.17) is 0 Å². The molecule has 0 aliphatic heterocycles. The van der Waals surface area contributed by atoms with E-state index in [9.17, 15) is 4.79 Å². The summed E-state index contributed by atoms with van der Waals surface area (Å²) >= 11 is 0. The highest BCUT2D eigenvalue weighted by Crippen LogP contribution is 2.30. The predicted molar refractivity (Wildman–Crippen MR) is 109 cm³/mol. The van der Waals surface area contributed by atoms with Gasteiger partial charge < -0.3 is 10.6 Å². The molecule has 1 amide bonds. The number of rotatable bonds is 5. The molecule has 1 heterocycles. The minimum absolute atomic E-state index is 0.00817. The minimum Gasteiger partial charge on any atom is -0.366 e. The summed E-state index contributed by atoms with van der Waals surface area (Å²) < 4.78 is 0. The van der Waals surface area contributed by atoms with Crippen molar-refractivity contribution >= 4 is 22.5 Å². The molecule has 1 aromatic heterocycles. The van der Waals surface area contributed by atoms with Crippen molar-refractivity contribution in [2.45, 2.75) is 45.7 Å². The van der Waals surface area contributed by atoms with Crippen molar-refractivity contribution in [2.75, 3.05) is 5.32 Å². The molecule has 4 rings (SSSR count). The van der Waals surface area contributed by atoms with Gasteiger partial charge in [0.05, 0.1) is 6.20 Å². The normalized spacial score (nSPS) is 13.8. The van der Waals surface area contributed by atoms with Crippen molar-refractivity contribution in [2.24, 2.45) is 0 Å². The second-order valence-electron chi connectivity index (χ2n) is 7.57. The highest BCUT2D eigenvalue weighted by atomic mass is 16.1. The van der Waals surface area contributed by atoms with Crippen LogP contribution in [-0.4, -0.2) is 28.2 Å². The highest BCUT2D eigenvalue weighted by molar-refractivity contribution is 5.97. The van der Waals surface area contributed by atoms with Crippen LogP contribution in [0.5, 0.6) is 0 Å². The van der Waals surface area contributed by atoms with Gasteiger partial charge in [-0.1, -0.05) is 12.1 Å². The first-order valence-corrected chi connectivity index (χ1v) is 9.45. The number of hydrogen-bond donors (Lipinski definition) is 2. The molecular weight excluding hydrogens is 336 g/mol. The number of carbonyl (C=O) groups is 1. The predicted octanol–water partition coefficient (Wildman–Crippen LogP) is 4.32. The Morgan fingerprint density at radius 1 is 1.15 bits per heavy atom. The van der Waals surface area contributed by atoms with Gasteiger partial charge in [-0.15, -0.1) is 5.10 Å². The van der Waals surface area contributed by atoms with Gasteiger partial charge in [-0.05, 0) is 74.6 Å². The van der Waals surface area contributed by atoms with E-state index in [0.717, 1.165) is 46.1 Å². The maximum absolute atomic E-state index is 12.4. The summed E-state index contributed by atoms with van der Waals surface area (Å²) in [5.74, 6) is 0.803. The van der Waals surface area contributed by atoms with Crippen LogP contribution in [0.25, 0.3) is 21.9 Å². The topological polar surface area (TPSA) is 66.9 Å². The molecule has 0 unspecified atom stereocenters. The lowest BCUT2D eigenvalue weighted by atomic mass is 9.96. The molecule has 3 aromatic rings. The van der Waals surface area contributed by atoms with E-state index in [1.807, 2.05) is 18.2 Å². The molecule has 1 aliphatic rings. The second-order valence-corrected chi connectivity index (χ2v) is 7.57. The molecule has 1 fully saturated rings. The molecule has 2 N–H and O–H groups in total. The van der Waals surface area contributed by atoms with Gasteiger partial charge in [0.25, 0.3) is 5.91 Å². The van der Waals surface area contributed by atoms with Gasteiger partial charge in [-0.2, -0.15) is 5.10 Å². The van der Waals surface area contributed by atoms with Crippen LogP contribution < -0.4 is 10.6 Å². The highest BCUT2D eigenvalue weighted by Gasteiger charge is 2.24. The van der Waals surface area contributed by atoms with E-state index < -0.39 is 0 Å². The summed E-state index contributed by atoms with van der Waals surface area (Å²) in [4.78, 5) is 12.4. The van der Waals surface area contributed by atoms with Gasteiger partial charge in [0.15, 0.2) is 5.82 Å². The molecule has 5 heteroatoms. The largest absolute Gasteiger partial charge is 0.366 e. The minimum atomic E-state index is 0.00817. The number of aromatic nitrogens is 2. The molecule has 1 saturated carbocycles. The van der Waals surface area contributed by atoms with E-state index in [0.29, 0.717) is 11.6 Å². The quantitative estimate of drug-likeness (QED) is 0.711. The van der Waals surface area contributed by atoms with Crippen LogP contribution in [0.15, 0.2) is 42.6 Å². The van der Waals surface area contributed by atoms with Crippen LogP contribution in [0.3, 0.4) is 0 Å². The Labute approximate surface area is 159 Å². The van der Waals surface area contributed by atoms with Gasteiger partial charge in [0.1, 0.15) is 0 Å². The zero-order chi connectivity index (χ0) is 19.0. The van der Waals surface area contributed by atoms with Crippen LogP contribution in [0.1, 0.15) is 42.6 Å². The Kier molecular flexibility index (Phi) is 4.52. The Bertz CT molecular complexity index is 1010. The molecule has 138 valence electrons. The molecule has 0 bridgehead atoms. The number of nitrogens with one attached hydrogen (secondary N) is 2. The fraction of sp³-hybridized carbons (Fsp3) is 0.318. The van der Waals surface area contributed by atoms with Gasteiger partial charge in [-0.25, -0.2) is 0 Å². The van der Waals surface area contributed by atoms with E-state index >= 15 is 0 Å². The number of fused-ring (bicyclic) bond motifs is 1. The summed E-state index contributed by atoms with van der Waals surface area (Å²) in [5, 5.41) is 16.8. The molecular formula is C22H24N4O. The standard InChI is InChI=1S/C22H24N4O/c1-13(2)24-21-19-9-6-15(10-17(19)12-23-26-21)20-11-16(5-4-14(20)3)22(27)25-18-7-8-18/h4-6,9-13,18H,7-8H2,1-3H3,(H,24,26)(H,25,27). The first kappa shape index (κ1) is 17.5. The SMILES string of the molecule is Cc1ccc(C(=O)NC2CC2)cc1-c1ccc2c(NC(C)C)nncc2c1. The fourth-order valence-corrected chi connectivity index (χ4v) is 3.21. The molecule has 0 spiro atoms. The number of anilines is 1. The van der Waals surface area contributed by atoms with E-state index in [-0.39, 0.29) is 11.9 Å². The number of hydrogen-bond acceptors (Lipinski definition) is 4. The van der Waals surface area contributed by atoms with Crippen LogP contribution in [0.4, 0.5) is 5.82 Å². The Balaban J connectivity index is 1.72. The van der Waals surface area contributed by atoms with Crippen LogP contribution in [-0.2, 0) is 0 Å². The van der Waals surface area contributed by atoms with Crippen LogP contribution >= 0.6 is 0 Å². The molecule has 0 saturated heterocycles. The summed E-state index contributed by atoms with van der Waals surface area (Å²) in [6, 6.07) is 12.8. The molecule has 1 aliphatic carbocycles. The first-order valence-electron chi connectivity index (χ1n) is 9.45. The summed E-state index contributed by atoms with van der Waals surface area (Å²) in [5.41, 5.74) is 3.98. The maximum Gasteiger partial charge on any atom is 0.251 e. The third kappa shape index (κ3) is 3.77. The fourth-order valence-electron chi connectivity index (χ4n) is 3.21. The van der Waals surface area contributed by atoms with Crippen molar-refractivity contribution in [3.05, 3.63) is 53.7 Å². The molecule has 5 nitrogen and oxygen atoms in total. The van der Waals surface area contributed by atoms with Crippen molar-refractivity contribution in [1.29, 1.82) is 0 Å². The zero-order valence-corrected chi connectivity index (χ0v) is 15.9. The lowest BCUT2D eigenvalue weighted by molar-refractivity contribution is 0.0951.